The maximum Gasteiger partial charge on any atom is 0.346 e. The highest BCUT2D eigenvalue weighted by Crippen LogP contribution is 2.50. The molecule has 8 heteroatoms. The lowest BCUT2D eigenvalue weighted by molar-refractivity contribution is 0.0373. The van der Waals surface area contributed by atoms with E-state index in [0.29, 0.717) is 33.0 Å². The SMILES string of the molecule is Cc1cc2c3c(cc(I)c4c5c(I)cc6c7c(cc(C)c(c1c34)c75)C(=O)OC6=O)C(=O)OC2=O. The van der Waals surface area contributed by atoms with Gasteiger partial charge >= 0.3 is 23.9 Å². The normalized spacial score (nSPS) is 15.2. The van der Waals surface area contributed by atoms with Crippen LogP contribution in [0.1, 0.15) is 52.6 Å². The lowest BCUT2D eigenvalue weighted by atomic mass is 9.81. The van der Waals surface area contributed by atoms with Gasteiger partial charge in [0, 0.05) is 39.5 Å². The Bertz CT molecular complexity index is 1650. The van der Waals surface area contributed by atoms with E-state index in [2.05, 4.69) is 45.2 Å². The number of aryl methyl sites for hydroxylation is 2. The number of benzene rings is 5. The first kappa shape index (κ1) is 20.5. The number of carbonyl (C=O) groups excluding carboxylic acids is 4. The molecule has 7 rings (SSSR count). The Labute approximate surface area is 218 Å². The zero-order valence-electron chi connectivity index (χ0n) is 17.5. The predicted molar refractivity (Wildman–Crippen MR) is 142 cm³/mol. The second-order valence-corrected chi connectivity index (χ2v) is 11.0. The van der Waals surface area contributed by atoms with E-state index in [1.54, 1.807) is 24.3 Å². The van der Waals surface area contributed by atoms with Crippen LogP contribution >= 0.6 is 45.2 Å². The lowest BCUT2D eigenvalue weighted by Gasteiger charge is -2.26. The average Bonchev–Trinajstić information content (AvgIpc) is 2.77. The first-order valence-electron chi connectivity index (χ1n) is 10.3. The molecule has 2 aliphatic heterocycles. The van der Waals surface area contributed by atoms with Crippen molar-refractivity contribution in [2.24, 2.45) is 0 Å². The molecule has 0 spiro atoms. The number of rotatable bonds is 0. The first-order chi connectivity index (χ1) is 16.2. The van der Waals surface area contributed by atoms with E-state index in [-0.39, 0.29) is 0 Å². The molecule has 0 bridgehead atoms. The molecule has 0 atom stereocenters. The van der Waals surface area contributed by atoms with Crippen LogP contribution in [0.25, 0.3) is 43.1 Å². The molecular formula is C26H10I2O6. The summed E-state index contributed by atoms with van der Waals surface area (Å²) in [6, 6.07) is 7.02. The third-order valence-electron chi connectivity index (χ3n) is 6.86. The Morgan fingerprint density at radius 3 is 1.15 bits per heavy atom. The smallest absolute Gasteiger partial charge is 0.346 e. The molecular weight excluding hydrogens is 662 g/mol. The monoisotopic (exact) mass is 672 g/mol. The standard InChI is InChI=1S/C26H10I2O6/c1-7-3-9-17-11(25(31)33-23(9)29)5-13(27)19-20-14(28)6-12-18-10(24(30)34-26(12)32)4-8(2)16(22(18)20)15(7)21(17)19/h3-6H,1-2H3. The summed E-state index contributed by atoms with van der Waals surface area (Å²) in [6.45, 7) is 3.84. The third kappa shape index (κ3) is 2.26. The van der Waals surface area contributed by atoms with Crippen LogP contribution < -0.4 is 0 Å². The Morgan fingerprint density at radius 2 is 0.794 bits per heavy atom. The molecule has 0 radical (unpaired) electrons. The number of carbonyl (C=O) groups is 4. The summed E-state index contributed by atoms with van der Waals surface area (Å²) in [4.78, 5) is 50.8. The third-order valence-corrected chi connectivity index (χ3v) is 8.56. The molecule has 0 fully saturated rings. The summed E-state index contributed by atoms with van der Waals surface area (Å²) in [5, 5.41) is 6.37. The number of ether oxygens (including phenoxy) is 2. The van der Waals surface area contributed by atoms with Crippen LogP contribution in [0.4, 0.5) is 0 Å². The van der Waals surface area contributed by atoms with E-state index < -0.39 is 23.9 Å². The molecule has 0 aromatic heterocycles. The highest BCUT2D eigenvalue weighted by atomic mass is 127. The minimum atomic E-state index is -0.660. The molecule has 2 aliphatic rings. The van der Waals surface area contributed by atoms with Crippen LogP contribution in [0.3, 0.4) is 0 Å². The van der Waals surface area contributed by atoms with E-state index in [0.717, 1.165) is 50.6 Å². The number of esters is 4. The van der Waals surface area contributed by atoms with Gasteiger partial charge in [-0.25, -0.2) is 19.2 Å². The van der Waals surface area contributed by atoms with E-state index >= 15 is 0 Å². The van der Waals surface area contributed by atoms with Crippen LogP contribution in [0, 0.1) is 21.0 Å². The van der Waals surface area contributed by atoms with E-state index in [1.165, 1.54) is 0 Å². The Morgan fingerprint density at radius 1 is 0.471 bits per heavy atom. The van der Waals surface area contributed by atoms with Crippen LogP contribution in [0.2, 0.25) is 0 Å². The first-order valence-corrected chi connectivity index (χ1v) is 12.5. The number of fused-ring (bicyclic) bond motifs is 2. The maximum atomic E-state index is 12.7. The van der Waals surface area contributed by atoms with Gasteiger partial charge in [-0.05, 0) is 105 Å². The molecule has 2 heterocycles. The minimum absolute atomic E-state index is 0.361. The number of hydrogen-bond donors (Lipinski definition) is 0. The Hall–Kier alpha value is -2.86. The van der Waals surface area contributed by atoms with Gasteiger partial charge in [0.25, 0.3) is 0 Å². The average molecular weight is 672 g/mol. The summed E-state index contributed by atoms with van der Waals surface area (Å²) in [5.41, 5.74) is 3.14. The van der Waals surface area contributed by atoms with Gasteiger partial charge in [0.1, 0.15) is 0 Å². The van der Waals surface area contributed by atoms with Crippen molar-refractivity contribution >= 4 is 112 Å². The topological polar surface area (TPSA) is 86.7 Å². The lowest BCUT2D eigenvalue weighted by Crippen LogP contribution is -2.21. The van der Waals surface area contributed by atoms with Gasteiger partial charge < -0.3 is 9.47 Å². The molecule has 0 aliphatic carbocycles. The van der Waals surface area contributed by atoms with Gasteiger partial charge in [-0.3, -0.25) is 0 Å². The molecule has 0 saturated heterocycles. The van der Waals surface area contributed by atoms with Crippen molar-refractivity contribution in [3.63, 3.8) is 0 Å². The van der Waals surface area contributed by atoms with E-state index in [9.17, 15) is 19.2 Å². The van der Waals surface area contributed by atoms with Gasteiger partial charge in [-0.15, -0.1) is 0 Å². The number of cyclic esters (lactones) is 4. The van der Waals surface area contributed by atoms with Crippen LogP contribution in [0.5, 0.6) is 0 Å². The predicted octanol–water partition coefficient (Wildman–Crippen LogP) is 6.18. The molecule has 0 saturated carbocycles. The zero-order valence-corrected chi connectivity index (χ0v) is 21.8. The van der Waals surface area contributed by atoms with Crippen molar-refractivity contribution in [1.82, 2.24) is 0 Å². The van der Waals surface area contributed by atoms with E-state index in [4.69, 9.17) is 9.47 Å². The van der Waals surface area contributed by atoms with Crippen LogP contribution in [-0.4, -0.2) is 23.9 Å². The summed E-state index contributed by atoms with van der Waals surface area (Å²) >= 11 is 4.40. The molecule has 5 aromatic carbocycles. The zero-order chi connectivity index (χ0) is 23.8. The highest BCUT2D eigenvalue weighted by molar-refractivity contribution is 14.1. The molecule has 34 heavy (non-hydrogen) atoms. The summed E-state index contributed by atoms with van der Waals surface area (Å²) in [5.74, 6) is -2.63. The van der Waals surface area contributed by atoms with Crippen LogP contribution in [0.15, 0.2) is 24.3 Å². The fraction of sp³-hybridized carbons (Fsp3) is 0.0769. The summed E-state index contributed by atoms with van der Waals surface area (Å²) in [7, 11) is 0. The van der Waals surface area contributed by atoms with Crippen molar-refractivity contribution in [3.05, 3.63) is 64.8 Å². The number of hydrogen-bond acceptors (Lipinski definition) is 6. The minimum Gasteiger partial charge on any atom is -0.386 e. The van der Waals surface area contributed by atoms with Gasteiger partial charge in [0.2, 0.25) is 0 Å². The molecule has 6 nitrogen and oxygen atoms in total. The van der Waals surface area contributed by atoms with Gasteiger partial charge in [-0.1, -0.05) is 0 Å². The van der Waals surface area contributed by atoms with Gasteiger partial charge in [0.05, 0.1) is 22.3 Å². The summed E-state index contributed by atoms with van der Waals surface area (Å²) < 4.78 is 11.7. The van der Waals surface area contributed by atoms with Crippen molar-refractivity contribution < 1.29 is 28.7 Å². The molecule has 0 N–H and O–H groups in total. The van der Waals surface area contributed by atoms with Crippen molar-refractivity contribution in [2.45, 2.75) is 13.8 Å². The summed E-state index contributed by atoms with van der Waals surface area (Å²) in [6.07, 6.45) is 0. The van der Waals surface area contributed by atoms with Gasteiger partial charge in [0.15, 0.2) is 0 Å². The fourth-order valence-corrected chi connectivity index (χ4v) is 7.34. The number of halogens is 2. The van der Waals surface area contributed by atoms with Crippen LogP contribution in [-0.2, 0) is 9.47 Å². The van der Waals surface area contributed by atoms with Gasteiger partial charge in [-0.2, -0.15) is 0 Å². The molecule has 0 amide bonds. The largest absolute Gasteiger partial charge is 0.386 e. The van der Waals surface area contributed by atoms with Crippen molar-refractivity contribution in [3.8, 4) is 0 Å². The fourth-order valence-electron chi connectivity index (χ4n) is 5.64. The maximum absolute atomic E-state index is 12.7. The second-order valence-electron chi connectivity index (χ2n) is 8.65. The molecule has 164 valence electrons. The Kier molecular flexibility index (Phi) is 3.87. The highest BCUT2D eigenvalue weighted by Gasteiger charge is 2.35. The second kappa shape index (κ2) is 6.42. The van der Waals surface area contributed by atoms with Crippen molar-refractivity contribution in [2.75, 3.05) is 0 Å². The Balaban J connectivity index is 1.93. The quantitative estimate of drug-likeness (QED) is 0.0642. The van der Waals surface area contributed by atoms with E-state index in [1.807, 2.05) is 13.8 Å². The molecule has 0 unspecified atom stereocenters. The molecule has 5 aromatic rings. The van der Waals surface area contributed by atoms with Crippen molar-refractivity contribution in [1.29, 1.82) is 0 Å².